The lowest BCUT2D eigenvalue weighted by Crippen LogP contribution is -2.22. The normalized spacial score (nSPS) is 11.4. The van der Waals surface area contributed by atoms with Crippen molar-refractivity contribution in [2.45, 2.75) is 20.8 Å². The van der Waals surface area contributed by atoms with E-state index in [9.17, 15) is 4.79 Å². The first-order valence-electron chi connectivity index (χ1n) is 7.29. The number of hydrogen-bond donors (Lipinski definition) is 0. The molecule has 4 rings (SSSR count). The Labute approximate surface area is 136 Å². The zero-order chi connectivity index (χ0) is 16.1. The molecule has 0 saturated carbocycles. The molecule has 0 saturated heterocycles. The maximum atomic E-state index is 12.9. The van der Waals surface area contributed by atoms with Gasteiger partial charge in [-0.25, -0.2) is 4.98 Å². The van der Waals surface area contributed by atoms with Gasteiger partial charge in [0.2, 0.25) is 0 Å². The van der Waals surface area contributed by atoms with E-state index in [1.165, 1.54) is 16.0 Å². The first-order chi connectivity index (χ1) is 11.1. The van der Waals surface area contributed by atoms with E-state index in [1.54, 1.807) is 0 Å². The van der Waals surface area contributed by atoms with Crippen molar-refractivity contribution in [3.05, 3.63) is 57.5 Å². The van der Waals surface area contributed by atoms with Gasteiger partial charge in [-0.1, -0.05) is 17.3 Å². The van der Waals surface area contributed by atoms with Crippen molar-refractivity contribution >= 4 is 31.8 Å². The third-order valence-electron chi connectivity index (χ3n) is 4.09. The molecule has 23 heavy (non-hydrogen) atoms. The maximum Gasteiger partial charge on any atom is 0.292 e. The van der Waals surface area contributed by atoms with Gasteiger partial charge >= 0.3 is 0 Å². The highest BCUT2D eigenvalue weighted by molar-refractivity contribution is 7.25. The van der Waals surface area contributed by atoms with Crippen LogP contribution in [0.3, 0.4) is 0 Å². The quantitative estimate of drug-likeness (QED) is 0.539. The van der Waals surface area contributed by atoms with E-state index in [4.69, 9.17) is 0 Å². The smallest absolute Gasteiger partial charge is 0.266 e. The molecule has 4 aromatic rings. The van der Waals surface area contributed by atoms with Crippen molar-refractivity contribution in [2.75, 3.05) is 0 Å². The second-order valence-electron chi connectivity index (χ2n) is 5.61. The van der Waals surface area contributed by atoms with Gasteiger partial charge in [0, 0.05) is 11.1 Å². The first kappa shape index (κ1) is 14.0. The number of aromatic nitrogens is 4. The predicted octanol–water partition coefficient (Wildman–Crippen LogP) is 3.32. The van der Waals surface area contributed by atoms with Crippen LogP contribution in [0, 0.1) is 20.8 Å². The Balaban J connectivity index is 2.07. The van der Waals surface area contributed by atoms with Crippen molar-refractivity contribution in [3.8, 4) is 5.69 Å². The molecule has 3 heterocycles. The highest BCUT2D eigenvalue weighted by Gasteiger charge is 2.15. The standard InChI is InChI=1S/C17H14N4OS/c1-9-5-4-6-13(11(9)3)21-17(22)15-14(19-20-21)12-8-7-10(2)18-16(12)23-15/h4-8H,1-3H3. The maximum absolute atomic E-state index is 12.9. The number of benzene rings is 1. The molecule has 0 fully saturated rings. The fourth-order valence-electron chi connectivity index (χ4n) is 2.65. The van der Waals surface area contributed by atoms with Crippen LogP contribution in [0.25, 0.3) is 26.1 Å². The zero-order valence-electron chi connectivity index (χ0n) is 13.0. The van der Waals surface area contributed by atoms with Crippen LogP contribution in [0.5, 0.6) is 0 Å². The third-order valence-corrected chi connectivity index (χ3v) is 5.17. The van der Waals surface area contributed by atoms with E-state index in [2.05, 4.69) is 15.3 Å². The number of aryl methyl sites for hydroxylation is 2. The summed E-state index contributed by atoms with van der Waals surface area (Å²) in [5.41, 5.74) is 4.31. The van der Waals surface area contributed by atoms with Crippen LogP contribution in [0.15, 0.2) is 35.1 Å². The molecule has 0 aliphatic rings. The SMILES string of the molecule is Cc1ccc2c(n1)sc1c(=O)n(-c3cccc(C)c3C)nnc12. The number of hydrogen-bond acceptors (Lipinski definition) is 5. The molecule has 1 aromatic carbocycles. The van der Waals surface area contributed by atoms with E-state index in [0.717, 1.165) is 32.7 Å². The van der Waals surface area contributed by atoms with Gasteiger partial charge in [0.1, 0.15) is 15.0 Å². The van der Waals surface area contributed by atoms with Gasteiger partial charge in [-0.2, -0.15) is 4.68 Å². The summed E-state index contributed by atoms with van der Waals surface area (Å²) >= 11 is 1.37. The summed E-state index contributed by atoms with van der Waals surface area (Å²) in [5.74, 6) is 0. The van der Waals surface area contributed by atoms with Gasteiger partial charge in [-0.3, -0.25) is 4.79 Å². The molecular weight excluding hydrogens is 308 g/mol. The molecule has 0 N–H and O–H groups in total. The number of fused-ring (bicyclic) bond motifs is 3. The lowest BCUT2D eigenvalue weighted by molar-refractivity contribution is 0.736. The van der Waals surface area contributed by atoms with Crippen molar-refractivity contribution in [2.24, 2.45) is 0 Å². The average molecular weight is 322 g/mol. The second kappa shape index (κ2) is 4.96. The minimum Gasteiger partial charge on any atom is -0.266 e. The van der Waals surface area contributed by atoms with E-state index < -0.39 is 0 Å². The van der Waals surface area contributed by atoms with Crippen LogP contribution >= 0.6 is 11.3 Å². The molecule has 0 unspecified atom stereocenters. The van der Waals surface area contributed by atoms with Crippen LogP contribution in [-0.2, 0) is 0 Å². The molecule has 3 aromatic heterocycles. The Hall–Kier alpha value is -2.60. The highest BCUT2D eigenvalue weighted by Crippen LogP contribution is 2.29. The molecule has 0 aliphatic carbocycles. The van der Waals surface area contributed by atoms with E-state index in [1.807, 2.05) is 51.1 Å². The molecule has 114 valence electrons. The van der Waals surface area contributed by atoms with E-state index in [0.29, 0.717) is 10.2 Å². The molecule has 6 heteroatoms. The molecule has 0 aliphatic heterocycles. The molecule has 0 spiro atoms. The molecule has 0 bridgehead atoms. The number of rotatable bonds is 1. The van der Waals surface area contributed by atoms with E-state index >= 15 is 0 Å². The van der Waals surface area contributed by atoms with Crippen LogP contribution in [-0.4, -0.2) is 20.0 Å². The largest absolute Gasteiger partial charge is 0.292 e. The van der Waals surface area contributed by atoms with Crippen molar-refractivity contribution < 1.29 is 0 Å². The van der Waals surface area contributed by atoms with Gasteiger partial charge in [0.15, 0.2) is 0 Å². The summed E-state index contributed by atoms with van der Waals surface area (Å²) in [6.45, 7) is 5.94. The molecular formula is C17H14N4OS. The average Bonchev–Trinajstić information content (AvgIpc) is 2.89. The molecule has 0 amide bonds. The van der Waals surface area contributed by atoms with E-state index in [-0.39, 0.29) is 5.56 Å². The Morgan fingerprint density at radius 3 is 2.74 bits per heavy atom. The third kappa shape index (κ3) is 2.06. The monoisotopic (exact) mass is 322 g/mol. The zero-order valence-corrected chi connectivity index (χ0v) is 13.8. The van der Waals surface area contributed by atoms with Crippen LogP contribution in [0.1, 0.15) is 16.8 Å². The van der Waals surface area contributed by atoms with Gasteiger partial charge in [0.25, 0.3) is 5.56 Å². The predicted molar refractivity (Wildman–Crippen MR) is 92.5 cm³/mol. The Kier molecular flexibility index (Phi) is 3.02. The summed E-state index contributed by atoms with van der Waals surface area (Å²) in [6.07, 6.45) is 0. The molecule has 0 radical (unpaired) electrons. The van der Waals surface area contributed by atoms with Gasteiger partial charge in [-0.05, 0) is 50.1 Å². The lowest BCUT2D eigenvalue weighted by Gasteiger charge is -2.08. The van der Waals surface area contributed by atoms with Gasteiger partial charge in [0.05, 0.1) is 5.69 Å². The van der Waals surface area contributed by atoms with Crippen LogP contribution in [0.4, 0.5) is 0 Å². The van der Waals surface area contributed by atoms with Crippen molar-refractivity contribution in [3.63, 3.8) is 0 Å². The highest BCUT2D eigenvalue weighted by atomic mass is 32.1. The van der Waals surface area contributed by atoms with Gasteiger partial charge in [-0.15, -0.1) is 16.4 Å². The number of nitrogens with zero attached hydrogens (tertiary/aromatic N) is 4. The Morgan fingerprint density at radius 1 is 1.09 bits per heavy atom. The lowest BCUT2D eigenvalue weighted by atomic mass is 10.1. The summed E-state index contributed by atoms with van der Waals surface area (Å²) in [5, 5.41) is 9.33. The van der Waals surface area contributed by atoms with Crippen molar-refractivity contribution in [1.82, 2.24) is 20.0 Å². The van der Waals surface area contributed by atoms with Crippen LogP contribution in [0.2, 0.25) is 0 Å². The minimum atomic E-state index is -0.149. The second-order valence-corrected chi connectivity index (χ2v) is 6.61. The summed E-state index contributed by atoms with van der Waals surface area (Å²) in [7, 11) is 0. The first-order valence-corrected chi connectivity index (χ1v) is 8.10. The Morgan fingerprint density at radius 2 is 1.91 bits per heavy atom. The fraction of sp³-hybridized carbons (Fsp3) is 0.176. The minimum absolute atomic E-state index is 0.149. The molecule has 5 nitrogen and oxygen atoms in total. The topological polar surface area (TPSA) is 60.7 Å². The summed E-state index contributed by atoms with van der Waals surface area (Å²) in [6, 6.07) is 9.70. The number of pyridine rings is 1. The number of thiophene rings is 1. The van der Waals surface area contributed by atoms with Crippen molar-refractivity contribution in [1.29, 1.82) is 0 Å². The van der Waals surface area contributed by atoms with Crippen LogP contribution < -0.4 is 5.56 Å². The molecule has 0 atom stereocenters. The Bertz CT molecular complexity index is 1130. The summed E-state index contributed by atoms with van der Waals surface area (Å²) in [4.78, 5) is 18.2. The van der Waals surface area contributed by atoms with Gasteiger partial charge < -0.3 is 0 Å². The summed E-state index contributed by atoms with van der Waals surface area (Å²) < 4.78 is 1.97. The fourth-order valence-corrected chi connectivity index (χ4v) is 3.73.